The highest BCUT2D eigenvalue weighted by Gasteiger charge is 2.14. The third-order valence-electron chi connectivity index (χ3n) is 4.46. The van der Waals surface area contributed by atoms with Gasteiger partial charge in [-0.05, 0) is 48.7 Å². The number of para-hydroxylation sites is 1. The number of ether oxygens (including phenoxy) is 2. The van der Waals surface area contributed by atoms with E-state index in [-0.39, 0.29) is 12.7 Å². The van der Waals surface area contributed by atoms with E-state index in [4.69, 9.17) is 14.5 Å². The molecule has 0 aliphatic carbocycles. The molecule has 0 saturated carbocycles. The Morgan fingerprint density at radius 3 is 2.85 bits per heavy atom. The molecule has 1 N–H and O–H groups in total. The van der Waals surface area contributed by atoms with Gasteiger partial charge in [0, 0.05) is 11.9 Å². The van der Waals surface area contributed by atoms with E-state index in [9.17, 15) is 4.79 Å². The summed E-state index contributed by atoms with van der Waals surface area (Å²) in [7, 11) is 0. The molecule has 27 heavy (non-hydrogen) atoms. The Balaban J connectivity index is 1.37. The fraction of sp³-hybridized carbons (Fsp3) is 0.238. The maximum absolute atomic E-state index is 12.2. The molecular formula is C21H20N2O3S. The number of hydrogen-bond acceptors (Lipinski definition) is 5. The lowest BCUT2D eigenvalue weighted by molar-refractivity contribution is -0.118. The number of aryl methyl sites for hydroxylation is 2. The van der Waals surface area contributed by atoms with Crippen molar-refractivity contribution >= 4 is 28.6 Å². The Bertz CT molecular complexity index is 1020. The van der Waals surface area contributed by atoms with Crippen LogP contribution in [-0.2, 0) is 11.3 Å². The molecule has 1 amide bonds. The smallest absolute Gasteiger partial charge is 0.231 e. The van der Waals surface area contributed by atoms with Crippen LogP contribution < -0.4 is 14.8 Å². The van der Waals surface area contributed by atoms with Gasteiger partial charge in [-0.1, -0.05) is 36.0 Å². The lowest BCUT2D eigenvalue weighted by Crippen LogP contribution is -2.24. The van der Waals surface area contributed by atoms with Crippen molar-refractivity contribution in [1.82, 2.24) is 10.3 Å². The van der Waals surface area contributed by atoms with Crippen LogP contribution >= 0.6 is 11.8 Å². The third kappa shape index (κ3) is 3.85. The minimum absolute atomic E-state index is 0.0243. The summed E-state index contributed by atoms with van der Waals surface area (Å²) in [6.45, 7) is 4.79. The topological polar surface area (TPSA) is 60.5 Å². The van der Waals surface area contributed by atoms with Crippen molar-refractivity contribution in [3.8, 4) is 11.5 Å². The molecule has 1 aliphatic rings. The lowest BCUT2D eigenvalue weighted by Gasteiger charge is -2.09. The Morgan fingerprint density at radius 2 is 1.96 bits per heavy atom. The molecule has 138 valence electrons. The standard InChI is InChI=1S/C21H20N2O3S/c1-13-4-3-5-16-8-14(2)21(23-20(13)16)27-11-19(24)22-10-15-6-7-17-18(9-15)26-12-25-17/h3-9H,10-12H2,1-2H3,(H,22,24). The predicted molar refractivity (Wildman–Crippen MR) is 106 cm³/mol. The zero-order chi connectivity index (χ0) is 18.8. The number of pyridine rings is 1. The van der Waals surface area contributed by atoms with Gasteiger partial charge in [0.25, 0.3) is 0 Å². The van der Waals surface area contributed by atoms with Crippen molar-refractivity contribution in [2.45, 2.75) is 25.4 Å². The average molecular weight is 380 g/mol. The molecule has 3 aromatic rings. The Hall–Kier alpha value is -2.73. The molecular weight excluding hydrogens is 360 g/mol. The number of nitrogens with one attached hydrogen (secondary N) is 1. The molecule has 2 heterocycles. The molecule has 0 bridgehead atoms. The first-order valence-electron chi connectivity index (χ1n) is 8.75. The van der Waals surface area contributed by atoms with E-state index in [0.717, 1.165) is 44.1 Å². The molecule has 1 aromatic heterocycles. The number of rotatable bonds is 5. The first-order chi connectivity index (χ1) is 13.1. The number of carbonyl (C=O) groups is 1. The molecule has 4 rings (SSSR count). The minimum atomic E-state index is -0.0243. The molecule has 0 fully saturated rings. The molecule has 5 nitrogen and oxygen atoms in total. The molecule has 0 spiro atoms. The molecule has 0 atom stereocenters. The van der Waals surface area contributed by atoms with E-state index >= 15 is 0 Å². The highest BCUT2D eigenvalue weighted by Crippen LogP contribution is 2.32. The van der Waals surface area contributed by atoms with E-state index in [0.29, 0.717) is 12.3 Å². The quantitative estimate of drug-likeness (QED) is 0.678. The van der Waals surface area contributed by atoms with Crippen LogP contribution in [-0.4, -0.2) is 23.4 Å². The number of benzene rings is 2. The summed E-state index contributed by atoms with van der Waals surface area (Å²) in [6.07, 6.45) is 0. The predicted octanol–water partition coefficient (Wildman–Crippen LogP) is 3.99. The van der Waals surface area contributed by atoms with Crippen molar-refractivity contribution in [2.24, 2.45) is 0 Å². The van der Waals surface area contributed by atoms with Crippen LogP contribution in [0.25, 0.3) is 10.9 Å². The van der Waals surface area contributed by atoms with Crippen LogP contribution in [0.5, 0.6) is 11.5 Å². The van der Waals surface area contributed by atoms with E-state index in [1.54, 1.807) is 0 Å². The summed E-state index contributed by atoms with van der Waals surface area (Å²) in [4.78, 5) is 17.0. The fourth-order valence-electron chi connectivity index (χ4n) is 3.02. The van der Waals surface area contributed by atoms with Crippen molar-refractivity contribution in [1.29, 1.82) is 0 Å². The van der Waals surface area contributed by atoms with Crippen LogP contribution in [0.4, 0.5) is 0 Å². The summed E-state index contributed by atoms with van der Waals surface area (Å²) in [5, 5.41) is 4.97. The van der Waals surface area contributed by atoms with Gasteiger partial charge in [0.2, 0.25) is 12.7 Å². The van der Waals surface area contributed by atoms with E-state index in [1.807, 2.05) is 31.2 Å². The number of hydrogen-bond donors (Lipinski definition) is 1. The second-order valence-corrected chi connectivity index (χ2v) is 7.47. The third-order valence-corrected chi connectivity index (χ3v) is 5.55. The highest BCUT2D eigenvalue weighted by molar-refractivity contribution is 7.99. The highest BCUT2D eigenvalue weighted by atomic mass is 32.2. The summed E-state index contributed by atoms with van der Waals surface area (Å²) in [5.74, 6) is 1.77. The Kier molecular flexibility index (Phi) is 4.90. The number of aromatic nitrogens is 1. The van der Waals surface area contributed by atoms with E-state index in [1.165, 1.54) is 11.8 Å². The zero-order valence-corrected chi connectivity index (χ0v) is 16.1. The van der Waals surface area contributed by atoms with Crippen molar-refractivity contribution in [3.05, 3.63) is 59.2 Å². The van der Waals surface area contributed by atoms with E-state index in [2.05, 4.69) is 30.4 Å². The molecule has 6 heteroatoms. The van der Waals surface area contributed by atoms with E-state index < -0.39 is 0 Å². The second kappa shape index (κ2) is 7.48. The van der Waals surface area contributed by atoms with Crippen LogP contribution in [0.2, 0.25) is 0 Å². The zero-order valence-electron chi connectivity index (χ0n) is 15.2. The van der Waals surface area contributed by atoms with Gasteiger partial charge in [0.05, 0.1) is 11.3 Å². The SMILES string of the molecule is Cc1cc2cccc(C)c2nc1SCC(=O)NCc1ccc2c(c1)OCO2. The largest absolute Gasteiger partial charge is 0.454 e. The summed E-state index contributed by atoms with van der Waals surface area (Å²) in [6, 6.07) is 14.0. The van der Waals surface area contributed by atoms with Gasteiger partial charge >= 0.3 is 0 Å². The van der Waals surface area contributed by atoms with Crippen LogP contribution in [0.1, 0.15) is 16.7 Å². The summed E-state index contributed by atoms with van der Waals surface area (Å²) < 4.78 is 10.7. The van der Waals surface area contributed by atoms with Gasteiger partial charge in [-0.25, -0.2) is 4.98 Å². The van der Waals surface area contributed by atoms with Gasteiger partial charge in [0.1, 0.15) is 5.03 Å². The van der Waals surface area contributed by atoms with Gasteiger partial charge in [-0.3, -0.25) is 4.79 Å². The minimum Gasteiger partial charge on any atom is -0.454 e. The fourth-order valence-corrected chi connectivity index (χ4v) is 3.83. The number of carbonyl (C=O) groups excluding carboxylic acids is 1. The normalized spacial score (nSPS) is 12.4. The van der Waals surface area contributed by atoms with Crippen molar-refractivity contribution < 1.29 is 14.3 Å². The maximum atomic E-state index is 12.2. The number of amides is 1. The van der Waals surface area contributed by atoms with Gasteiger partial charge in [-0.2, -0.15) is 0 Å². The first-order valence-corrected chi connectivity index (χ1v) is 9.74. The molecule has 0 unspecified atom stereocenters. The van der Waals surface area contributed by atoms with Crippen LogP contribution in [0.3, 0.4) is 0 Å². The Morgan fingerprint density at radius 1 is 1.11 bits per heavy atom. The van der Waals surface area contributed by atoms with Gasteiger partial charge < -0.3 is 14.8 Å². The maximum Gasteiger partial charge on any atom is 0.231 e. The van der Waals surface area contributed by atoms with Crippen molar-refractivity contribution in [3.63, 3.8) is 0 Å². The van der Waals surface area contributed by atoms with Crippen LogP contribution in [0.15, 0.2) is 47.5 Å². The molecule has 0 radical (unpaired) electrons. The first kappa shape index (κ1) is 17.7. The van der Waals surface area contributed by atoms with Crippen molar-refractivity contribution in [2.75, 3.05) is 12.5 Å². The summed E-state index contributed by atoms with van der Waals surface area (Å²) >= 11 is 1.47. The number of fused-ring (bicyclic) bond motifs is 2. The summed E-state index contributed by atoms with van der Waals surface area (Å²) in [5.41, 5.74) is 4.20. The number of thioether (sulfide) groups is 1. The molecule has 2 aromatic carbocycles. The second-order valence-electron chi connectivity index (χ2n) is 6.51. The Labute approximate surface area is 162 Å². The number of nitrogens with zero attached hydrogens (tertiary/aromatic N) is 1. The lowest BCUT2D eigenvalue weighted by atomic mass is 10.1. The average Bonchev–Trinajstić information content (AvgIpc) is 3.13. The van der Waals surface area contributed by atoms with Gasteiger partial charge in [0.15, 0.2) is 11.5 Å². The monoisotopic (exact) mass is 380 g/mol. The van der Waals surface area contributed by atoms with Gasteiger partial charge in [-0.15, -0.1) is 0 Å². The molecule has 1 aliphatic heterocycles. The molecule has 0 saturated heterocycles. The van der Waals surface area contributed by atoms with Crippen LogP contribution in [0, 0.1) is 13.8 Å².